The first-order chi connectivity index (χ1) is 13.5. The molecular formula is C21H19N5OS. The molecule has 140 valence electrons. The van der Waals surface area contributed by atoms with Gasteiger partial charge in [-0.3, -0.25) is 9.89 Å². The van der Waals surface area contributed by atoms with Crippen molar-refractivity contribution in [2.24, 2.45) is 10.2 Å². The molecule has 0 bridgehead atoms. The number of nitrogens with zero attached hydrogens (tertiary/aromatic N) is 4. The van der Waals surface area contributed by atoms with Crippen molar-refractivity contribution in [3.63, 3.8) is 0 Å². The molecule has 0 radical (unpaired) electrons. The molecule has 0 aliphatic carbocycles. The molecule has 0 atom stereocenters. The Hall–Kier alpha value is -3.32. The van der Waals surface area contributed by atoms with E-state index in [0.29, 0.717) is 10.8 Å². The molecule has 4 rings (SSSR count). The third-order valence-corrected chi connectivity index (χ3v) is 5.45. The fourth-order valence-corrected chi connectivity index (χ4v) is 3.64. The minimum Gasteiger partial charge on any atom is -0.291 e. The van der Waals surface area contributed by atoms with E-state index >= 15 is 0 Å². The quantitative estimate of drug-likeness (QED) is 0.459. The van der Waals surface area contributed by atoms with E-state index in [4.69, 9.17) is 0 Å². The van der Waals surface area contributed by atoms with Gasteiger partial charge in [0.2, 0.25) is 5.13 Å². The fraction of sp³-hybridized carbons (Fsp3) is 0.143. The highest BCUT2D eigenvalue weighted by Crippen LogP contribution is 2.26. The van der Waals surface area contributed by atoms with Crippen LogP contribution in [0.2, 0.25) is 0 Å². The van der Waals surface area contributed by atoms with Gasteiger partial charge in [-0.15, -0.1) is 16.5 Å². The van der Waals surface area contributed by atoms with Gasteiger partial charge in [-0.05, 0) is 38.0 Å². The Morgan fingerprint density at radius 3 is 2.57 bits per heavy atom. The van der Waals surface area contributed by atoms with Gasteiger partial charge in [-0.25, -0.2) is 4.98 Å². The molecule has 0 aliphatic heterocycles. The molecule has 4 aromatic rings. The van der Waals surface area contributed by atoms with E-state index in [2.05, 4.69) is 20.3 Å². The largest absolute Gasteiger partial charge is 0.301 e. The van der Waals surface area contributed by atoms with E-state index in [1.54, 1.807) is 6.92 Å². The number of H-pyrrole nitrogens is 1. The standard InChI is InChI=1S/C21H19N5OS/c1-13-8-7-11-17(14(13)2)23-24-19-15(3)25-26(20(19)27)21-22-18(12-28-21)16-9-5-4-6-10-16/h4-12,25H,1-3H3. The van der Waals surface area contributed by atoms with Crippen LogP contribution in [-0.2, 0) is 0 Å². The number of aromatic nitrogens is 3. The number of nitrogens with one attached hydrogen (secondary N) is 1. The summed E-state index contributed by atoms with van der Waals surface area (Å²) in [6.45, 7) is 5.82. The topological polar surface area (TPSA) is 75.4 Å². The van der Waals surface area contributed by atoms with Gasteiger partial charge in [0.25, 0.3) is 0 Å². The summed E-state index contributed by atoms with van der Waals surface area (Å²) in [5, 5.41) is 14.1. The smallest absolute Gasteiger partial charge is 0.291 e. The monoisotopic (exact) mass is 389 g/mol. The molecule has 0 saturated heterocycles. The van der Waals surface area contributed by atoms with Crippen LogP contribution in [0.1, 0.15) is 16.8 Å². The van der Waals surface area contributed by atoms with Gasteiger partial charge < -0.3 is 0 Å². The molecule has 7 heteroatoms. The second-order valence-electron chi connectivity index (χ2n) is 6.53. The first-order valence-electron chi connectivity index (χ1n) is 8.85. The van der Waals surface area contributed by atoms with Gasteiger partial charge >= 0.3 is 5.56 Å². The molecule has 1 N–H and O–H groups in total. The molecule has 2 aromatic carbocycles. The van der Waals surface area contributed by atoms with Crippen molar-refractivity contribution in [3.05, 3.63) is 81.1 Å². The number of azo groups is 1. The average Bonchev–Trinajstić information content (AvgIpc) is 3.29. The number of rotatable bonds is 4. The predicted molar refractivity (Wildman–Crippen MR) is 112 cm³/mol. The van der Waals surface area contributed by atoms with E-state index in [0.717, 1.165) is 28.1 Å². The number of aryl methyl sites for hydroxylation is 2. The van der Waals surface area contributed by atoms with Crippen molar-refractivity contribution in [1.29, 1.82) is 0 Å². The second kappa shape index (κ2) is 7.36. The van der Waals surface area contributed by atoms with Crippen LogP contribution in [0.5, 0.6) is 0 Å². The third-order valence-electron chi connectivity index (χ3n) is 4.63. The van der Waals surface area contributed by atoms with E-state index in [9.17, 15) is 4.79 Å². The second-order valence-corrected chi connectivity index (χ2v) is 7.36. The highest BCUT2D eigenvalue weighted by molar-refractivity contribution is 7.12. The maximum Gasteiger partial charge on any atom is 0.301 e. The summed E-state index contributed by atoms with van der Waals surface area (Å²) >= 11 is 1.40. The lowest BCUT2D eigenvalue weighted by molar-refractivity contribution is 0.827. The van der Waals surface area contributed by atoms with Gasteiger partial charge in [0.05, 0.1) is 17.1 Å². The van der Waals surface area contributed by atoms with Crippen LogP contribution < -0.4 is 5.56 Å². The summed E-state index contributed by atoms with van der Waals surface area (Å²) < 4.78 is 1.42. The number of thiazole rings is 1. The van der Waals surface area contributed by atoms with Crippen LogP contribution in [0, 0.1) is 20.8 Å². The van der Waals surface area contributed by atoms with Crippen LogP contribution in [0.25, 0.3) is 16.4 Å². The van der Waals surface area contributed by atoms with Crippen LogP contribution >= 0.6 is 11.3 Å². The van der Waals surface area contributed by atoms with Gasteiger partial charge in [-0.1, -0.05) is 42.5 Å². The Bertz CT molecular complexity index is 1220. The molecule has 0 aliphatic rings. The first-order valence-corrected chi connectivity index (χ1v) is 9.73. The molecule has 0 fully saturated rings. The zero-order valence-electron chi connectivity index (χ0n) is 15.8. The average molecular weight is 389 g/mol. The van der Waals surface area contributed by atoms with Crippen molar-refractivity contribution < 1.29 is 0 Å². The van der Waals surface area contributed by atoms with E-state index in [-0.39, 0.29) is 11.2 Å². The lowest BCUT2D eigenvalue weighted by Crippen LogP contribution is -2.13. The summed E-state index contributed by atoms with van der Waals surface area (Å²) in [7, 11) is 0. The number of hydrogen-bond donors (Lipinski definition) is 1. The molecule has 6 nitrogen and oxygen atoms in total. The molecule has 0 amide bonds. The van der Waals surface area contributed by atoms with Crippen molar-refractivity contribution in [3.8, 4) is 16.4 Å². The molecule has 2 heterocycles. The lowest BCUT2D eigenvalue weighted by atomic mass is 10.1. The Labute approximate surface area is 166 Å². The Morgan fingerprint density at radius 2 is 1.79 bits per heavy atom. The normalized spacial score (nSPS) is 11.4. The summed E-state index contributed by atoms with van der Waals surface area (Å²) in [5.74, 6) is 0. The third kappa shape index (κ3) is 3.32. The zero-order chi connectivity index (χ0) is 19.7. The van der Waals surface area contributed by atoms with Crippen molar-refractivity contribution in [2.75, 3.05) is 0 Å². The predicted octanol–water partition coefficient (Wildman–Crippen LogP) is 5.63. The van der Waals surface area contributed by atoms with Crippen molar-refractivity contribution >= 4 is 22.7 Å². The SMILES string of the molecule is Cc1cccc(N=Nc2c(C)[nH]n(-c3nc(-c4ccccc4)cs3)c2=O)c1C. The molecule has 28 heavy (non-hydrogen) atoms. The van der Waals surface area contributed by atoms with E-state index < -0.39 is 0 Å². The van der Waals surface area contributed by atoms with Crippen molar-refractivity contribution in [2.45, 2.75) is 20.8 Å². The summed E-state index contributed by atoms with van der Waals surface area (Å²) in [4.78, 5) is 17.4. The van der Waals surface area contributed by atoms with E-state index in [1.165, 1.54) is 16.0 Å². The van der Waals surface area contributed by atoms with Crippen LogP contribution in [0.4, 0.5) is 11.4 Å². The maximum absolute atomic E-state index is 12.9. The molecule has 2 aromatic heterocycles. The minimum atomic E-state index is -0.263. The van der Waals surface area contributed by atoms with Gasteiger partial charge in [0.1, 0.15) is 0 Å². The number of benzene rings is 2. The number of aromatic amines is 1. The Morgan fingerprint density at radius 1 is 1.00 bits per heavy atom. The number of hydrogen-bond acceptors (Lipinski definition) is 5. The van der Waals surface area contributed by atoms with Crippen molar-refractivity contribution in [1.82, 2.24) is 14.8 Å². The van der Waals surface area contributed by atoms with Crippen LogP contribution in [0.3, 0.4) is 0 Å². The summed E-state index contributed by atoms with van der Waals surface area (Å²) in [6, 6.07) is 15.7. The van der Waals surface area contributed by atoms with E-state index in [1.807, 2.05) is 67.8 Å². The zero-order valence-corrected chi connectivity index (χ0v) is 16.6. The van der Waals surface area contributed by atoms with Crippen LogP contribution in [0.15, 0.2) is 68.9 Å². The highest BCUT2D eigenvalue weighted by Gasteiger charge is 2.15. The molecule has 0 spiro atoms. The Kier molecular flexibility index (Phi) is 4.75. The minimum absolute atomic E-state index is 0.263. The molecule has 0 saturated carbocycles. The Balaban J connectivity index is 1.69. The van der Waals surface area contributed by atoms with Crippen LogP contribution in [-0.4, -0.2) is 14.8 Å². The molecule has 0 unspecified atom stereocenters. The lowest BCUT2D eigenvalue weighted by Gasteiger charge is -2.01. The fourth-order valence-electron chi connectivity index (χ4n) is 2.85. The van der Waals surface area contributed by atoms with Gasteiger partial charge in [0, 0.05) is 10.9 Å². The highest BCUT2D eigenvalue weighted by atomic mass is 32.1. The van der Waals surface area contributed by atoms with Gasteiger partial charge in [0.15, 0.2) is 5.69 Å². The maximum atomic E-state index is 12.9. The summed E-state index contributed by atoms with van der Waals surface area (Å²) in [6.07, 6.45) is 0. The first kappa shape index (κ1) is 18.1. The molecular weight excluding hydrogens is 370 g/mol. The van der Waals surface area contributed by atoms with Gasteiger partial charge in [-0.2, -0.15) is 9.80 Å². The summed E-state index contributed by atoms with van der Waals surface area (Å²) in [5.41, 5.74) is 5.46.